The number of amides is 1. The standard InChI is InChI=1S/C10H18N4O3/c1-6(2)13(7(3)4)5-8-9(10(11)15)14(16)17-12-8/h6-7H,5H2,1-4H3,(H2,11,15). The SMILES string of the molecule is CC(C)N(Cc1no[n+]([O-])c1C(N)=O)C(C)C. The fourth-order valence-electron chi connectivity index (χ4n) is 1.75. The maximum absolute atomic E-state index is 11.2. The summed E-state index contributed by atoms with van der Waals surface area (Å²) in [6.07, 6.45) is 0. The average Bonchev–Trinajstić information content (AvgIpc) is 2.54. The first kappa shape index (κ1) is 13.4. The number of hydrogen-bond acceptors (Lipinski definition) is 5. The lowest BCUT2D eigenvalue weighted by Gasteiger charge is -2.28. The van der Waals surface area contributed by atoms with E-state index in [2.05, 4.69) is 14.7 Å². The number of nitrogens with two attached hydrogens (primary N) is 1. The van der Waals surface area contributed by atoms with Gasteiger partial charge in [-0.25, -0.2) is 0 Å². The van der Waals surface area contributed by atoms with Crippen molar-refractivity contribution in [2.75, 3.05) is 0 Å². The first-order valence-electron chi connectivity index (χ1n) is 5.48. The second-order valence-electron chi connectivity index (χ2n) is 4.45. The summed E-state index contributed by atoms with van der Waals surface area (Å²) < 4.78 is 4.40. The van der Waals surface area contributed by atoms with E-state index in [4.69, 9.17) is 5.73 Å². The van der Waals surface area contributed by atoms with Crippen molar-refractivity contribution in [1.82, 2.24) is 10.1 Å². The van der Waals surface area contributed by atoms with Gasteiger partial charge in [-0.05, 0) is 32.6 Å². The minimum Gasteiger partial charge on any atom is -0.362 e. The molecule has 1 aromatic heterocycles. The molecule has 17 heavy (non-hydrogen) atoms. The molecule has 0 saturated carbocycles. The maximum atomic E-state index is 11.2. The van der Waals surface area contributed by atoms with E-state index in [0.717, 1.165) is 0 Å². The van der Waals surface area contributed by atoms with Gasteiger partial charge in [0.25, 0.3) is 11.6 Å². The van der Waals surface area contributed by atoms with Gasteiger partial charge in [0.05, 0.1) is 6.54 Å². The van der Waals surface area contributed by atoms with Crippen molar-refractivity contribution < 1.29 is 14.3 Å². The normalized spacial score (nSPS) is 11.7. The van der Waals surface area contributed by atoms with Gasteiger partial charge in [-0.3, -0.25) is 14.3 Å². The highest BCUT2D eigenvalue weighted by molar-refractivity contribution is 5.90. The summed E-state index contributed by atoms with van der Waals surface area (Å²) in [5.41, 5.74) is 5.16. The van der Waals surface area contributed by atoms with Crippen LogP contribution in [0.15, 0.2) is 4.63 Å². The van der Waals surface area contributed by atoms with Gasteiger partial charge in [-0.15, -0.1) is 0 Å². The molecule has 0 aliphatic carbocycles. The molecule has 0 aromatic carbocycles. The first-order chi connectivity index (χ1) is 7.84. The van der Waals surface area contributed by atoms with E-state index < -0.39 is 5.91 Å². The zero-order valence-electron chi connectivity index (χ0n) is 10.5. The van der Waals surface area contributed by atoms with Gasteiger partial charge < -0.3 is 10.9 Å². The summed E-state index contributed by atoms with van der Waals surface area (Å²) in [5.74, 6) is -0.830. The molecule has 1 heterocycles. The minimum atomic E-state index is -0.830. The molecule has 1 rings (SSSR count). The number of primary amides is 1. The Balaban J connectivity index is 2.98. The van der Waals surface area contributed by atoms with Crippen LogP contribution in [0.3, 0.4) is 0 Å². The third-order valence-electron chi connectivity index (χ3n) is 2.57. The van der Waals surface area contributed by atoms with Gasteiger partial charge >= 0.3 is 0 Å². The topological polar surface area (TPSA) is 99.3 Å². The van der Waals surface area contributed by atoms with Crippen molar-refractivity contribution in [1.29, 1.82) is 0 Å². The molecule has 0 radical (unpaired) electrons. The van der Waals surface area contributed by atoms with Crippen LogP contribution in [0.25, 0.3) is 0 Å². The van der Waals surface area contributed by atoms with Crippen LogP contribution in [-0.4, -0.2) is 28.0 Å². The molecule has 0 aliphatic rings. The Bertz CT molecular complexity index is 392. The Morgan fingerprint density at radius 3 is 2.41 bits per heavy atom. The minimum absolute atomic E-state index is 0.0521. The maximum Gasteiger partial charge on any atom is 0.297 e. The fourth-order valence-corrected chi connectivity index (χ4v) is 1.75. The largest absolute Gasteiger partial charge is 0.362 e. The van der Waals surface area contributed by atoms with E-state index in [-0.39, 0.29) is 28.4 Å². The molecular formula is C10H18N4O3. The molecule has 7 nitrogen and oxygen atoms in total. The second kappa shape index (κ2) is 5.13. The van der Waals surface area contributed by atoms with Crippen LogP contribution in [0.4, 0.5) is 0 Å². The third-order valence-corrected chi connectivity index (χ3v) is 2.57. The zero-order valence-corrected chi connectivity index (χ0v) is 10.5. The van der Waals surface area contributed by atoms with Crippen LogP contribution in [0.2, 0.25) is 0 Å². The van der Waals surface area contributed by atoms with Crippen molar-refractivity contribution in [3.63, 3.8) is 0 Å². The summed E-state index contributed by atoms with van der Waals surface area (Å²) >= 11 is 0. The molecule has 0 spiro atoms. The number of carbonyl (C=O) groups excluding carboxylic acids is 1. The fraction of sp³-hybridized carbons (Fsp3) is 0.700. The van der Waals surface area contributed by atoms with E-state index in [9.17, 15) is 10.0 Å². The van der Waals surface area contributed by atoms with Gasteiger partial charge in [0, 0.05) is 17.2 Å². The number of aromatic nitrogens is 2. The molecule has 1 amide bonds. The summed E-state index contributed by atoms with van der Waals surface area (Å²) in [6.45, 7) is 8.45. The van der Waals surface area contributed by atoms with Crippen LogP contribution in [0.5, 0.6) is 0 Å². The molecular weight excluding hydrogens is 224 g/mol. The van der Waals surface area contributed by atoms with Crippen LogP contribution in [-0.2, 0) is 6.54 Å². The third kappa shape index (κ3) is 2.94. The summed E-state index contributed by atoms with van der Waals surface area (Å²) in [4.78, 5) is 13.2. The monoisotopic (exact) mass is 242 g/mol. The van der Waals surface area contributed by atoms with E-state index >= 15 is 0 Å². The van der Waals surface area contributed by atoms with E-state index in [1.165, 1.54) is 0 Å². The van der Waals surface area contributed by atoms with Crippen LogP contribution in [0, 0.1) is 5.21 Å². The summed E-state index contributed by atoms with van der Waals surface area (Å²) in [7, 11) is 0. The highest BCUT2D eigenvalue weighted by atomic mass is 16.8. The molecule has 0 atom stereocenters. The first-order valence-corrected chi connectivity index (χ1v) is 5.48. The predicted octanol–water partition coefficient (Wildman–Crippen LogP) is 0.0257. The number of carbonyl (C=O) groups is 1. The lowest BCUT2D eigenvalue weighted by molar-refractivity contribution is -0.803. The summed E-state index contributed by atoms with van der Waals surface area (Å²) in [6, 6.07) is 0.514. The molecule has 96 valence electrons. The molecule has 1 aromatic rings. The second-order valence-corrected chi connectivity index (χ2v) is 4.45. The van der Waals surface area contributed by atoms with Crippen molar-refractivity contribution >= 4 is 5.91 Å². The van der Waals surface area contributed by atoms with Crippen molar-refractivity contribution in [3.8, 4) is 0 Å². The Hall–Kier alpha value is -1.63. The molecule has 0 unspecified atom stereocenters. The van der Waals surface area contributed by atoms with Crippen molar-refractivity contribution in [2.45, 2.75) is 46.3 Å². The Morgan fingerprint density at radius 1 is 1.47 bits per heavy atom. The quantitative estimate of drug-likeness (QED) is 0.734. The van der Waals surface area contributed by atoms with Gasteiger partial charge in [0.2, 0.25) is 5.69 Å². The zero-order chi connectivity index (χ0) is 13.2. The number of hydrogen-bond donors (Lipinski definition) is 1. The Morgan fingerprint density at radius 2 is 2.00 bits per heavy atom. The Labute approximate surface area is 99.7 Å². The van der Waals surface area contributed by atoms with Crippen molar-refractivity contribution in [2.24, 2.45) is 5.73 Å². The lowest BCUT2D eigenvalue weighted by Crippen LogP contribution is -2.39. The molecule has 7 heteroatoms. The Kier molecular flexibility index (Phi) is 4.06. The molecule has 0 aliphatic heterocycles. The van der Waals surface area contributed by atoms with Gasteiger partial charge in [0.1, 0.15) is 0 Å². The van der Waals surface area contributed by atoms with Gasteiger partial charge in [-0.2, -0.15) is 0 Å². The highest BCUT2D eigenvalue weighted by Crippen LogP contribution is 2.12. The van der Waals surface area contributed by atoms with Crippen LogP contribution in [0.1, 0.15) is 43.9 Å². The summed E-state index contributed by atoms with van der Waals surface area (Å²) in [5, 5.41) is 14.7. The molecule has 2 N–H and O–H groups in total. The van der Waals surface area contributed by atoms with Crippen LogP contribution < -0.4 is 10.6 Å². The van der Waals surface area contributed by atoms with Gasteiger partial charge in [0.15, 0.2) is 0 Å². The lowest BCUT2D eigenvalue weighted by atomic mass is 10.2. The van der Waals surface area contributed by atoms with E-state index in [1.54, 1.807) is 0 Å². The van der Waals surface area contributed by atoms with E-state index in [0.29, 0.717) is 6.54 Å². The predicted molar refractivity (Wildman–Crippen MR) is 59.8 cm³/mol. The van der Waals surface area contributed by atoms with Crippen molar-refractivity contribution in [3.05, 3.63) is 16.6 Å². The molecule has 0 fully saturated rings. The van der Waals surface area contributed by atoms with Crippen LogP contribution >= 0.6 is 0 Å². The molecule has 0 saturated heterocycles. The number of rotatable bonds is 5. The average molecular weight is 242 g/mol. The van der Waals surface area contributed by atoms with E-state index in [1.807, 2.05) is 27.7 Å². The van der Waals surface area contributed by atoms with Gasteiger partial charge in [-0.1, -0.05) is 0 Å². The number of nitrogens with zero attached hydrogens (tertiary/aromatic N) is 3. The smallest absolute Gasteiger partial charge is 0.297 e. The highest BCUT2D eigenvalue weighted by Gasteiger charge is 2.27. The molecule has 0 bridgehead atoms.